The number of rotatable bonds is 12. The first kappa shape index (κ1) is 29.4. The van der Waals surface area contributed by atoms with E-state index in [1.165, 1.54) is 16.4 Å². The summed E-state index contributed by atoms with van der Waals surface area (Å²) >= 11 is 0. The molecule has 0 bridgehead atoms. The summed E-state index contributed by atoms with van der Waals surface area (Å²) in [7, 11) is 0. The smallest absolute Gasteiger partial charge is 0.299 e. The number of benzene rings is 3. The Bertz CT molecular complexity index is 1320. The lowest BCUT2D eigenvalue weighted by atomic mass is 10.1. The van der Waals surface area contributed by atoms with Gasteiger partial charge < -0.3 is 19.4 Å². The Hall–Kier alpha value is -4.59. The number of nitrogens with zero attached hydrogens (tertiary/aromatic N) is 5. The standard InChI is InChI=1S/C33H39N5O3/c1-6-35(7-2)26-15-19-29(20-16-26)38(30-21-17-27(18-22-30)36(8-3)9-4)28-13-11-25(12-14-28)23-31-32(41-24-39)34-37(10-5)33(31)40/h11-24H,6-10H2,1-5H3/b31-23-. The molecule has 1 heterocycles. The van der Waals surface area contributed by atoms with Gasteiger partial charge in [0.15, 0.2) is 0 Å². The zero-order chi connectivity index (χ0) is 29.4. The van der Waals surface area contributed by atoms with E-state index in [-0.39, 0.29) is 23.9 Å². The summed E-state index contributed by atoms with van der Waals surface area (Å²) in [6, 6.07) is 25.2. The first-order chi connectivity index (χ1) is 20.0. The lowest BCUT2D eigenvalue weighted by Crippen LogP contribution is -2.22. The number of amides is 1. The molecule has 3 aromatic rings. The normalized spacial score (nSPS) is 13.8. The summed E-state index contributed by atoms with van der Waals surface area (Å²) in [6.07, 6.45) is 1.70. The monoisotopic (exact) mass is 553 g/mol. The maximum Gasteiger partial charge on any atom is 0.299 e. The highest BCUT2D eigenvalue weighted by molar-refractivity contribution is 6.25. The molecule has 0 N–H and O–H groups in total. The second-order valence-electron chi connectivity index (χ2n) is 9.50. The van der Waals surface area contributed by atoms with Crippen LogP contribution >= 0.6 is 0 Å². The van der Waals surface area contributed by atoms with Gasteiger partial charge in [-0.05, 0) is 107 Å². The van der Waals surface area contributed by atoms with E-state index in [1.54, 1.807) is 6.08 Å². The summed E-state index contributed by atoms with van der Waals surface area (Å²) in [5, 5.41) is 5.39. The van der Waals surface area contributed by atoms with Crippen LogP contribution in [0.4, 0.5) is 28.4 Å². The van der Waals surface area contributed by atoms with E-state index in [9.17, 15) is 9.59 Å². The van der Waals surface area contributed by atoms with Crippen molar-refractivity contribution < 1.29 is 14.3 Å². The molecule has 0 atom stereocenters. The van der Waals surface area contributed by atoms with Crippen molar-refractivity contribution in [3.05, 3.63) is 83.9 Å². The van der Waals surface area contributed by atoms with E-state index in [1.807, 2.05) is 31.2 Å². The van der Waals surface area contributed by atoms with Crippen LogP contribution in [0.3, 0.4) is 0 Å². The number of hydrogen-bond acceptors (Lipinski definition) is 7. The lowest BCUT2D eigenvalue weighted by molar-refractivity contribution is -0.125. The molecule has 1 amide bonds. The Kier molecular flexibility index (Phi) is 9.79. The van der Waals surface area contributed by atoms with Gasteiger partial charge in [0.1, 0.15) is 5.57 Å². The Morgan fingerprint density at radius 1 is 0.683 bits per heavy atom. The molecule has 1 aliphatic rings. The van der Waals surface area contributed by atoms with Gasteiger partial charge in [0.2, 0.25) is 0 Å². The summed E-state index contributed by atoms with van der Waals surface area (Å²) < 4.78 is 4.98. The fourth-order valence-electron chi connectivity index (χ4n) is 5.05. The Morgan fingerprint density at radius 3 is 1.49 bits per heavy atom. The van der Waals surface area contributed by atoms with Crippen LogP contribution < -0.4 is 14.7 Å². The summed E-state index contributed by atoms with van der Waals surface area (Å²) in [5.41, 5.74) is 6.49. The van der Waals surface area contributed by atoms with Gasteiger partial charge in [-0.15, -0.1) is 5.10 Å². The van der Waals surface area contributed by atoms with E-state index in [0.717, 1.165) is 48.8 Å². The molecule has 214 valence electrons. The Labute approximate surface area is 243 Å². The molecule has 0 aliphatic carbocycles. The minimum Gasteiger partial charge on any atom is -0.407 e. The van der Waals surface area contributed by atoms with Crippen molar-refractivity contribution in [1.29, 1.82) is 0 Å². The van der Waals surface area contributed by atoms with Crippen LogP contribution in [0.15, 0.2) is 83.5 Å². The SMILES string of the molecule is CCN1N=C(OC=O)/C(=C/c2ccc(N(c3ccc(N(CC)CC)cc3)c3ccc(N(CC)CC)cc3)cc2)C1=O. The Morgan fingerprint density at radius 2 is 1.10 bits per heavy atom. The molecule has 0 saturated carbocycles. The molecule has 0 spiro atoms. The molecule has 8 nitrogen and oxygen atoms in total. The van der Waals surface area contributed by atoms with E-state index < -0.39 is 0 Å². The number of carbonyl (C=O) groups is 2. The second-order valence-corrected chi connectivity index (χ2v) is 9.50. The van der Waals surface area contributed by atoms with E-state index in [2.05, 4.69) is 96.0 Å². The van der Waals surface area contributed by atoms with Gasteiger partial charge in [-0.1, -0.05) is 12.1 Å². The Balaban J connectivity index is 1.71. The van der Waals surface area contributed by atoms with Gasteiger partial charge in [0, 0.05) is 61.2 Å². The second kappa shape index (κ2) is 13.7. The van der Waals surface area contributed by atoms with Gasteiger partial charge in [-0.25, -0.2) is 5.01 Å². The highest BCUT2D eigenvalue weighted by Crippen LogP contribution is 2.36. The van der Waals surface area contributed by atoms with Gasteiger partial charge in [0.05, 0.1) is 0 Å². The van der Waals surface area contributed by atoms with Crippen LogP contribution in [0.5, 0.6) is 0 Å². The highest BCUT2D eigenvalue weighted by atomic mass is 16.5. The lowest BCUT2D eigenvalue weighted by Gasteiger charge is -2.28. The molecular formula is C33H39N5O3. The topological polar surface area (TPSA) is 68.7 Å². The van der Waals surface area contributed by atoms with Gasteiger partial charge in [0.25, 0.3) is 18.3 Å². The van der Waals surface area contributed by atoms with E-state index in [0.29, 0.717) is 6.54 Å². The van der Waals surface area contributed by atoms with Crippen molar-refractivity contribution in [2.24, 2.45) is 5.10 Å². The number of anilines is 5. The predicted octanol–water partition coefficient (Wildman–Crippen LogP) is 6.58. The fourth-order valence-corrected chi connectivity index (χ4v) is 5.05. The molecule has 4 rings (SSSR count). The molecule has 8 heteroatoms. The quantitative estimate of drug-likeness (QED) is 0.186. The van der Waals surface area contributed by atoms with Crippen LogP contribution in [-0.2, 0) is 14.3 Å². The third kappa shape index (κ3) is 6.43. The van der Waals surface area contributed by atoms with Crippen molar-refractivity contribution in [3.63, 3.8) is 0 Å². The molecule has 1 aliphatic heterocycles. The third-order valence-electron chi connectivity index (χ3n) is 7.30. The van der Waals surface area contributed by atoms with Gasteiger partial charge >= 0.3 is 0 Å². The van der Waals surface area contributed by atoms with Crippen LogP contribution in [-0.4, -0.2) is 56.0 Å². The largest absolute Gasteiger partial charge is 0.407 e. The predicted molar refractivity (Wildman–Crippen MR) is 168 cm³/mol. The van der Waals surface area contributed by atoms with Crippen molar-refractivity contribution in [2.75, 3.05) is 47.4 Å². The zero-order valence-corrected chi connectivity index (χ0v) is 24.6. The van der Waals surface area contributed by atoms with Crippen molar-refractivity contribution in [3.8, 4) is 0 Å². The first-order valence-corrected chi connectivity index (χ1v) is 14.3. The molecule has 41 heavy (non-hydrogen) atoms. The van der Waals surface area contributed by atoms with E-state index >= 15 is 0 Å². The number of ether oxygens (including phenoxy) is 1. The van der Waals surface area contributed by atoms with Crippen molar-refractivity contribution in [1.82, 2.24) is 5.01 Å². The molecule has 3 aromatic carbocycles. The van der Waals surface area contributed by atoms with Gasteiger partial charge in [-0.2, -0.15) is 0 Å². The number of hydrogen-bond donors (Lipinski definition) is 0. The summed E-state index contributed by atoms with van der Waals surface area (Å²) in [6.45, 7) is 14.9. The molecule has 0 saturated heterocycles. The summed E-state index contributed by atoms with van der Waals surface area (Å²) in [4.78, 5) is 30.6. The average Bonchev–Trinajstić information content (AvgIpc) is 3.30. The van der Waals surface area contributed by atoms with Gasteiger partial charge in [-0.3, -0.25) is 9.59 Å². The van der Waals surface area contributed by atoms with Crippen molar-refractivity contribution >= 4 is 52.8 Å². The van der Waals surface area contributed by atoms with Crippen LogP contribution in [0, 0.1) is 0 Å². The number of hydrazone groups is 1. The minimum atomic E-state index is -0.295. The molecule has 0 aromatic heterocycles. The van der Waals surface area contributed by atoms with Crippen molar-refractivity contribution in [2.45, 2.75) is 34.6 Å². The number of carbonyl (C=O) groups excluding carboxylic acids is 2. The minimum absolute atomic E-state index is 0.0131. The molecule has 0 radical (unpaired) electrons. The van der Waals surface area contributed by atoms with E-state index in [4.69, 9.17) is 4.74 Å². The molecular weight excluding hydrogens is 514 g/mol. The molecule has 0 fully saturated rings. The maximum atomic E-state index is 12.7. The third-order valence-corrected chi connectivity index (χ3v) is 7.30. The summed E-state index contributed by atoms with van der Waals surface area (Å²) in [5.74, 6) is -0.282. The fraction of sp³-hybridized carbons (Fsp3) is 0.303. The number of likely N-dealkylation sites (N-methyl/N-ethyl adjacent to an activating group) is 1. The zero-order valence-electron chi connectivity index (χ0n) is 24.6. The first-order valence-electron chi connectivity index (χ1n) is 14.3. The average molecular weight is 554 g/mol. The van der Waals surface area contributed by atoms with Crippen LogP contribution in [0.2, 0.25) is 0 Å². The van der Waals surface area contributed by atoms with Crippen LogP contribution in [0.1, 0.15) is 40.2 Å². The molecule has 0 unspecified atom stereocenters. The maximum absolute atomic E-state index is 12.7. The highest BCUT2D eigenvalue weighted by Gasteiger charge is 2.30. The van der Waals surface area contributed by atoms with Crippen LogP contribution in [0.25, 0.3) is 6.08 Å².